The topological polar surface area (TPSA) is 3.24 Å². The summed E-state index contributed by atoms with van der Waals surface area (Å²) in [5.74, 6) is 0. The second-order valence-corrected chi connectivity index (χ2v) is 5.82. The van der Waals surface area contributed by atoms with Crippen molar-refractivity contribution in [2.24, 2.45) is 0 Å². The van der Waals surface area contributed by atoms with Gasteiger partial charge in [-0.2, -0.15) is 13.2 Å². The predicted octanol–water partition coefficient (Wildman–Crippen LogP) is 4.88. The molecule has 3 rings (SSSR count). The maximum Gasteiger partial charge on any atom is 0.416 e. The minimum Gasteiger partial charge on any atom is -0.367 e. The lowest BCUT2D eigenvalue weighted by atomic mass is 9.96. The first-order chi connectivity index (χ1) is 10.4. The van der Waals surface area contributed by atoms with Crippen LogP contribution in [0.25, 0.3) is 0 Å². The third-order valence-corrected chi connectivity index (χ3v) is 4.54. The maximum atomic E-state index is 13.0. The number of hydrogen-bond acceptors (Lipinski definition) is 1. The van der Waals surface area contributed by atoms with E-state index in [1.54, 1.807) is 19.9 Å². The molecule has 1 heterocycles. The third kappa shape index (κ3) is 2.58. The summed E-state index contributed by atoms with van der Waals surface area (Å²) >= 11 is 0. The van der Waals surface area contributed by atoms with Gasteiger partial charge in [-0.1, -0.05) is 24.3 Å². The molecule has 0 spiro atoms. The van der Waals surface area contributed by atoms with Crippen LogP contribution in [0.2, 0.25) is 0 Å². The van der Waals surface area contributed by atoms with E-state index in [1.165, 1.54) is 17.2 Å². The van der Waals surface area contributed by atoms with Gasteiger partial charge in [-0.3, -0.25) is 0 Å². The predicted molar refractivity (Wildman–Crippen MR) is 82.1 cm³/mol. The minimum absolute atomic E-state index is 0.323. The standard InChI is InChI=1S/C18H18F3N/c1-12-13(2)17(8-7-16(12)18(19,20)21)22-10-9-14-5-3-4-6-15(14)11-22/h3-8H,9-11H2,1-2H3. The number of benzene rings is 2. The van der Waals surface area contributed by atoms with E-state index in [0.29, 0.717) is 11.1 Å². The van der Waals surface area contributed by atoms with E-state index in [2.05, 4.69) is 17.0 Å². The van der Waals surface area contributed by atoms with Gasteiger partial charge in [0, 0.05) is 18.8 Å². The molecule has 116 valence electrons. The van der Waals surface area contributed by atoms with Crippen molar-refractivity contribution in [3.63, 3.8) is 0 Å². The molecule has 0 saturated heterocycles. The number of fused-ring (bicyclic) bond motifs is 1. The Bertz CT molecular complexity index is 704. The molecular formula is C18H18F3N. The first-order valence-corrected chi connectivity index (χ1v) is 7.37. The molecule has 0 fully saturated rings. The number of rotatable bonds is 1. The van der Waals surface area contributed by atoms with Crippen molar-refractivity contribution in [3.05, 3.63) is 64.2 Å². The fourth-order valence-corrected chi connectivity index (χ4v) is 3.16. The van der Waals surface area contributed by atoms with Crippen LogP contribution in [0.1, 0.15) is 27.8 Å². The average molecular weight is 305 g/mol. The maximum absolute atomic E-state index is 13.0. The molecule has 1 aliphatic rings. The molecule has 0 saturated carbocycles. The smallest absolute Gasteiger partial charge is 0.367 e. The van der Waals surface area contributed by atoms with Gasteiger partial charge in [-0.05, 0) is 54.7 Å². The first-order valence-electron chi connectivity index (χ1n) is 7.37. The van der Waals surface area contributed by atoms with Gasteiger partial charge in [0.15, 0.2) is 0 Å². The first kappa shape index (κ1) is 14.9. The van der Waals surface area contributed by atoms with Gasteiger partial charge < -0.3 is 4.90 Å². The molecule has 2 aromatic rings. The molecule has 0 radical (unpaired) electrons. The van der Waals surface area contributed by atoms with Gasteiger partial charge >= 0.3 is 6.18 Å². The van der Waals surface area contributed by atoms with Crippen LogP contribution in [-0.4, -0.2) is 6.54 Å². The van der Waals surface area contributed by atoms with Crippen molar-refractivity contribution in [2.45, 2.75) is 33.0 Å². The van der Waals surface area contributed by atoms with Crippen LogP contribution in [0.4, 0.5) is 18.9 Å². The second-order valence-electron chi connectivity index (χ2n) is 5.82. The Balaban J connectivity index is 1.96. The van der Waals surface area contributed by atoms with Gasteiger partial charge in [-0.15, -0.1) is 0 Å². The highest BCUT2D eigenvalue weighted by atomic mass is 19.4. The van der Waals surface area contributed by atoms with Crippen LogP contribution in [0, 0.1) is 13.8 Å². The molecule has 0 atom stereocenters. The van der Waals surface area contributed by atoms with E-state index in [4.69, 9.17) is 0 Å². The zero-order valence-electron chi connectivity index (χ0n) is 12.7. The quantitative estimate of drug-likeness (QED) is 0.725. The summed E-state index contributed by atoms with van der Waals surface area (Å²) in [6, 6.07) is 11.1. The van der Waals surface area contributed by atoms with Crippen molar-refractivity contribution >= 4 is 5.69 Å². The van der Waals surface area contributed by atoms with Gasteiger partial charge in [0.2, 0.25) is 0 Å². The van der Waals surface area contributed by atoms with Crippen LogP contribution in [0.3, 0.4) is 0 Å². The van der Waals surface area contributed by atoms with Crippen molar-refractivity contribution in [3.8, 4) is 0 Å². The van der Waals surface area contributed by atoms with Crippen LogP contribution in [0.15, 0.2) is 36.4 Å². The lowest BCUT2D eigenvalue weighted by Crippen LogP contribution is -2.31. The summed E-state index contributed by atoms with van der Waals surface area (Å²) in [4.78, 5) is 2.17. The highest BCUT2D eigenvalue weighted by Gasteiger charge is 2.33. The Hall–Kier alpha value is -1.97. The Labute approximate surface area is 128 Å². The molecule has 0 aliphatic carbocycles. The highest BCUT2D eigenvalue weighted by Crippen LogP contribution is 2.37. The van der Waals surface area contributed by atoms with E-state index in [-0.39, 0.29) is 0 Å². The van der Waals surface area contributed by atoms with E-state index < -0.39 is 11.7 Å². The molecule has 1 nitrogen and oxygen atoms in total. The monoisotopic (exact) mass is 305 g/mol. The summed E-state index contributed by atoms with van der Waals surface area (Å²) in [5, 5.41) is 0. The van der Waals surface area contributed by atoms with Crippen molar-refractivity contribution in [2.75, 3.05) is 11.4 Å². The summed E-state index contributed by atoms with van der Waals surface area (Å²) in [6.07, 6.45) is -3.36. The molecule has 0 amide bonds. The molecule has 0 bridgehead atoms. The van der Waals surface area contributed by atoms with Crippen LogP contribution in [-0.2, 0) is 19.1 Å². The molecule has 2 aromatic carbocycles. The van der Waals surface area contributed by atoms with Crippen molar-refractivity contribution in [1.82, 2.24) is 0 Å². The summed E-state index contributed by atoms with van der Waals surface area (Å²) in [7, 11) is 0. The Morgan fingerprint density at radius 1 is 0.909 bits per heavy atom. The summed E-state index contributed by atoms with van der Waals surface area (Å²) in [6.45, 7) is 4.92. The molecular weight excluding hydrogens is 287 g/mol. The third-order valence-electron chi connectivity index (χ3n) is 4.54. The summed E-state index contributed by atoms with van der Waals surface area (Å²) < 4.78 is 39.0. The average Bonchev–Trinajstić information content (AvgIpc) is 2.48. The Morgan fingerprint density at radius 3 is 2.27 bits per heavy atom. The molecule has 0 aromatic heterocycles. The molecule has 0 N–H and O–H groups in total. The molecule has 4 heteroatoms. The molecule has 22 heavy (non-hydrogen) atoms. The number of hydrogen-bond donors (Lipinski definition) is 0. The normalized spacial score (nSPS) is 14.9. The Morgan fingerprint density at radius 2 is 1.59 bits per heavy atom. The van der Waals surface area contributed by atoms with Crippen LogP contribution >= 0.6 is 0 Å². The zero-order valence-corrected chi connectivity index (χ0v) is 12.7. The minimum atomic E-state index is -4.29. The van der Waals surface area contributed by atoms with Gasteiger partial charge in [-0.25, -0.2) is 0 Å². The number of halogens is 3. The van der Waals surface area contributed by atoms with E-state index in [1.807, 2.05) is 12.1 Å². The highest BCUT2D eigenvalue weighted by molar-refractivity contribution is 5.60. The van der Waals surface area contributed by atoms with Gasteiger partial charge in [0.05, 0.1) is 5.56 Å². The molecule has 1 aliphatic heterocycles. The largest absolute Gasteiger partial charge is 0.416 e. The lowest BCUT2D eigenvalue weighted by Gasteiger charge is -2.32. The van der Waals surface area contributed by atoms with Crippen LogP contribution < -0.4 is 4.90 Å². The van der Waals surface area contributed by atoms with Crippen LogP contribution in [0.5, 0.6) is 0 Å². The Kier molecular flexibility index (Phi) is 3.63. The SMILES string of the molecule is Cc1c(N2CCc3ccccc3C2)ccc(C(F)(F)F)c1C. The fraction of sp³-hybridized carbons (Fsp3) is 0.333. The second kappa shape index (κ2) is 5.34. The van der Waals surface area contributed by atoms with E-state index in [9.17, 15) is 13.2 Å². The number of alkyl halides is 3. The van der Waals surface area contributed by atoms with E-state index in [0.717, 1.165) is 25.2 Å². The van der Waals surface area contributed by atoms with Gasteiger partial charge in [0.1, 0.15) is 0 Å². The van der Waals surface area contributed by atoms with E-state index >= 15 is 0 Å². The van der Waals surface area contributed by atoms with Gasteiger partial charge in [0.25, 0.3) is 0 Å². The van der Waals surface area contributed by atoms with Crippen molar-refractivity contribution in [1.29, 1.82) is 0 Å². The lowest BCUT2D eigenvalue weighted by molar-refractivity contribution is -0.138. The zero-order chi connectivity index (χ0) is 15.9. The molecule has 0 unspecified atom stereocenters. The number of anilines is 1. The summed E-state index contributed by atoms with van der Waals surface area (Å²) in [5.41, 5.74) is 4.00. The number of nitrogens with zero attached hydrogens (tertiary/aromatic N) is 1. The van der Waals surface area contributed by atoms with Crippen molar-refractivity contribution < 1.29 is 13.2 Å². The fourth-order valence-electron chi connectivity index (χ4n) is 3.16.